The van der Waals surface area contributed by atoms with Crippen LogP contribution >= 0.6 is 0 Å². The van der Waals surface area contributed by atoms with E-state index in [1.54, 1.807) is 11.1 Å². The first kappa shape index (κ1) is 10.4. The van der Waals surface area contributed by atoms with Crippen LogP contribution in [0.3, 0.4) is 0 Å². The molecular weight excluding hydrogens is 192 g/mol. The lowest BCUT2D eigenvalue weighted by atomic mass is 9.63. The van der Waals surface area contributed by atoms with Gasteiger partial charge in [-0.2, -0.15) is 0 Å². The molecule has 1 fully saturated rings. The molecule has 0 nitrogen and oxygen atoms in total. The molecule has 0 heterocycles. The van der Waals surface area contributed by atoms with Crippen LogP contribution in [-0.2, 0) is 6.42 Å². The van der Waals surface area contributed by atoms with Crippen molar-refractivity contribution in [2.24, 2.45) is 11.8 Å². The molecule has 2 aliphatic rings. The molecule has 0 aliphatic heterocycles. The predicted octanol–water partition coefficient (Wildman–Crippen LogP) is 4.46. The van der Waals surface area contributed by atoms with E-state index in [2.05, 4.69) is 32.0 Å². The summed E-state index contributed by atoms with van der Waals surface area (Å²) in [5.41, 5.74) is 4.86. The summed E-state index contributed by atoms with van der Waals surface area (Å²) in [5, 5.41) is 0. The summed E-state index contributed by atoms with van der Waals surface area (Å²) in [6.45, 7) is 4.76. The molecule has 16 heavy (non-hydrogen) atoms. The summed E-state index contributed by atoms with van der Waals surface area (Å²) in [5.74, 6) is 2.76. The molecule has 0 unspecified atom stereocenters. The van der Waals surface area contributed by atoms with Gasteiger partial charge in [0.1, 0.15) is 0 Å². The van der Waals surface area contributed by atoms with Crippen LogP contribution in [-0.4, -0.2) is 0 Å². The molecular formula is C16H22. The van der Waals surface area contributed by atoms with Gasteiger partial charge in [0.15, 0.2) is 0 Å². The Hall–Kier alpha value is -0.780. The topological polar surface area (TPSA) is 0 Å². The molecule has 1 aromatic carbocycles. The molecule has 1 saturated carbocycles. The lowest BCUT2D eigenvalue weighted by Gasteiger charge is -2.42. The van der Waals surface area contributed by atoms with Crippen LogP contribution in [0.15, 0.2) is 18.2 Å². The van der Waals surface area contributed by atoms with Gasteiger partial charge in [-0.25, -0.2) is 0 Å². The van der Waals surface area contributed by atoms with Gasteiger partial charge in [0, 0.05) is 0 Å². The normalized spacial score (nSPS) is 33.0. The first-order valence-corrected chi connectivity index (χ1v) is 6.86. The lowest BCUT2D eigenvalue weighted by Crippen LogP contribution is -2.31. The van der Waals surface area contributed by atoms with Crippen LogP contribution in [0.4, 0.5) is 0 Å². The zero-order valence-electron chi connectivity index (χ0n) is 10.5. The summed E-state index contributed by atoms with van der Waals surface area (Å²) in [4.78, 5) is 0. The minimum Gasteiger partial charge on any atom is -0.0617 e. The molecule has 86 valence electrons. The second-order valence-corrected chi connectivity index (χ2v) is 5.85. The van der Waals surface area contributed by atoms with E-state index in [1.807, 2.05) is 0 Å². The molecule has 2 aliphatic carbocycles. The molecule has 0 heteroatoms. The van der Waals surface area contributed by atoms with Crippen molar-refractivity contribution in [3.05, 3.63) is 34.9 Å². The fourth-order valence-corrected chi connectivity index (χ4v) is 4.22. The van der Waals surface area contributed by atoms with E-state index in [0.717, 1.165) is 17.8 Å². The monoisotopic (exact) mass is 214 g/mol. The maximum Gasteiger partial charge on any atom is -0.0154 e. The third-order valence-electron chi connectivity index (χ3n) is 4.96. The lowest BCUT2D eigenvalue weighted by molar-refractivity contribution is 0.191. The van der Waals surface area contributed by atoms with Crippen molar-refractivity contribution in [3.8, 4) is 0 Å². The van der Waals surface area contributed by atoms with E-state index < -0.39 is 0 Å². The van der Waals surface area contributed by atoms with Crippen molar-refractivity contribution in [1.82, 2.24) is 0 Å². The molecule has 0 spiro atoms. The van der Waals surface area contributed by atoms with Crippen molar-refractivity contribution >= 4 is 0 Å². The Kier molecular flexibility index (Phi) is 2.53. The highest BCUT2D eigenvalue weighted by Gasteiger charge is 2.35. The summed E-state index contributed by atoms with van der Waals surface area (Å²) in [7, 11) is 0. The number of rotatable bonds is 0. The Morgan fingerprint density at radius 2 is 1.94 bits per heavy atom. The van der Waals surface area contributed by atoms with Gasteiger partial charge in [0.05, 0.1) is 0 Å². The molecule has 0 N–H and O–H groups in total. The van der Waals surface area contributed by atoms with Gasteiger partial charge in [0.2, 0.25) is 0 Å². The molecule has 0 radical (unpaired) electrons. The quantitative estimate of drug-likeness (QED) is 0.598. The Balaban J connectivity index is 2.03. The van der Waals surface area contributed by atoms with E-state index in [4.69, 9.17) is 0 Å². The van der Waals surface area contributed by atoms with Crippen molar-refractivity contribution in [2.75, 3.05) is 0 Å². The van der Waals surface area contributed by atoms with Crippen molar-refractivity contribution in [3.63, 3.8) is 0 Å². The highest BCUT2D eigenvalue weighted by molar-refractivity contribution is 5.40. The molecule has 0 aromatic heterocycles. The zero-order chi connectivity index (χ0) is 11.1. The number of hydrogen-bond acceptors (Lipinski definition) is 0. The number of fused-ring (bicyclic) bond motifs is 2. The van der Waals surface area contributed by atoms with Gasteiger partial charge in [-0.1, -0.05) is 38.0 Å². The van der Waals surface area contributed by atoms with E-state index >= 15 is 0 Å². The molecule has 3 rings (SSSR count). The molecule has 3 atom stereocenters. The van der Waals surface area contributed by atoms with Crippen molar-refractivity contribution in [2.45, 2.75) is 51.9 Å². The van der Waals surface area contributed by atoms with Gasteiger partial charge in [-0.05, 0) is 60.6 Å². The Morgan fingerprint density at radius 1 is 1.12 bits per heavy atom. The maximum atomic E-state index is 2.47. The molecule has 0 saturated heterocycles. The van der Waals surface area contributed by atoms with Crippen LogP contribution < -0.4 is 0 Å². The molecule has 1 aromatic rings. The molecule has 0 bridgehead atoms. The summed E-state index contributed by atoms with van der Waals surface area (Å²) in [6.07, 6.45) is 7.23. The minimum absolute atomic E-state index is 0.801. The number of benzene rings is 1. The maximum absolute atomic E-state index is 2.47. The summed E-state index contributed by atoms with van der Waals surface area (Å²) < 4.78 is 0. The zero-order valence-corrected chi connectivity index (χ0v) is 10.5. The fraction of sp³-hybridized carbons (Fsp3) is 0.625. The van der Waals surface area contributed by atoms with Crippen molar-refractivity contribution in [1.29, 1.82) is 0 Å². The molecule has 0 amide bonds. The van der Waals surface area contributed by atoms with Gasteiger partial charge in [0.25, 0.3) is 0 Å². The SMILES string of the molecule is Cc1cccc2c1[C@@H](C)[C@H]1CCCC[C@H]1C2. The summed E-state index contributed by atoms with van der Waals surface area (Å²) >= 11 is 0. The Labute approximate surface area is 99.1 Å². The third kappa shape index (κ3) is 1.50. The predicted molar refractivity (Wildman–Crippen MR) is 68.7 cm³/mol. The van der Waals surface area contributed by atoms with Crippen LogP contribution in [0, 0.1) is 18.8 Å². The van der Waals surface area contributed by atoms with Crippen molar-refractivity contribution < 1.29 is 0 Å². The second kappa shape index (κ2) is 3.91. The van der Waals surface area contributed by atoms with E-state index in [1.165, 1.54) is 37.7 Å². The highest BCUT2D eigenvalue weighted by atomic mass is 14.4. The first-order valence-electron chi connectivity index (χ1n) is 6.86. The Bertz CT molecular complexity index is 391. The van der Waals surface area contributed by atoms with Crippen LogP contribution in [0.1, 0.15) is 55.2 Å². The van der Waals surface area contributed by atoms with Crippen LogP contribution in [0.25, 0.3) is 0 Å². The third-order valence-corrected chi connectivity index (χ3v) is 4.96. The average Bonchev–Trinajstić information content (AvgIpc) is 2.29. The van der Waals surface area contributed by atoms with Crippen LogP contribution in [0.5, 0.6) is 0 Å². The van der Waals surface area contributed by atoms with Gasteiger partial charge >= 0.3 is 0 Å². The van der Waals surface area contributed by atoms with Crippen LogP contribution in [0.2, 0.25) is 0 Å². The standard InChI is InChI=1S/C16H22/c1-11-6-5-8-14-10-13-7-3-4-9-15(13)12(2)16(11)14/h5-6,8,12-13,15H,3-4,7,9-10H2,1-2H3/t12-,13-,15+/m0/s1. The van der Waals surface area contributed by atoms with Gasteiger partial charge < -0.3 is 0 Å². The first-order chi connectivity index (χ1) is 7.77. The smallest absolute Gasteiger partial charge is 0.0154 e. The highest BCUT2D eigenvalue weighted by Crippen LogP contribution is 2.47. The van der Waals surface area contributed by atoms with Gasteiger partial charge in [-0.3, -0.25) is 0 Å². The Morgan fingerprint density at radius 3 is 2.81 bits per heavy atom. The number of hydrogen-bond donors (Lipinski definition) is 0. The van der Waals surface area contributed by atoms with Gasteiger partial charge in [-0.15, -0.1) is 0 Å². The largest absolute Gasteiger partial charge is 0.0617 e. The fourth-order valence-electron chi connectivity index (χ4n) is 4.22. The van der Waals surface area contributed by atoms with E-state index in [0.29, 0.717) is 0 Å². The summed E-state index contributed by atoms with van der Waals surface area (Å²) in [6, 6.07) is 6.90. The average molecular weight is 214 g/mol. The minimum atomic E-state index is 0.801. The van der Waals surface area contributed by atoms with E-state index in [9.17, 15) is 0 Å². The number of aryl methyl sites for hydroxylation is 1. The van der Waals surface area contributed by atoms with E-state index in [-0.39, 0.29) is 0 Å². The second-order valence-electron chi connectivity index (χ2n) is 5.85.